The quantitative estimate of drug-likeness (QED) is 0.582. The number of carboxylic acids is 1. The van der Waals surface area contributed by atoms with Gasteiger partial charge in [0, 0.05) is 0 Å². The van der Waals surface area contributed by atoms with Crippen LogP contribution in [0.15, 0.2) is 24.1 Å². The van der Waals surface area contributed by atoms with Gasteiger partial charge in [-0.3, -0.25) is 0 Å². The number of allylic oxidation sites excluding steroid dienone is 1. The van der Waals surface area contributed by atoms with Gasteiger partial charge in [-0.05, 0) is 24.3 Å². The molecular weight excluding hydrogens is 200 g/mol. The smallest absolute Gasteiger partial charge is 0.349 e. The molecule has 1 N–H and O–H groups in total. The van der Waals surface area contributed by atoms with E-state index in [0.29, 0.717) is 12.4 Å². The summed E-state index contributed by atoms with van der Waals surface area (Å²) in [6.07, 6.45) is 3.56. The van der Waals surface area contributed by atoms with Crippen LogP contribution in [-0.4, -0.2) is 17.7 Å². The van der Waals surface area contributed by atoms with Crippen molar-refractivity contribution in [1.82, 2.24) is 0 Å². The van der Waals surface area contributed by atoms with E-state index in [0.717, 1.165) is 12.8 Å². The molecule has 1 aromatic rings. The van der Waals surface area contributed by atoms with Crippen molar-refractivity contribution in [2.24, 2.45) is 0 Å². The molecular formula is C10H12O3S. The zero-order chi connectivity index (χ0) is 10.4. The predicted octanol–water partition coefficient (Wildman–Crippen LogP) is 2.79. The van der Waals surface area contributed by atoms with Crippen molar-refractivity contribution in [2.75, 3.05) is 6.61 Å². The van der Waals surface area contributed by atoms with Crippen molar-refractivity contribution < 1.29 is 14.6 Å². The van der Waals surface area contributed by atoms with Gasteiger partial charge in [0.1, 0.15) is 5.75 Å². The Kier molecular flexibility index (Phi) is 4.19. The van der Waals surface area contributed by atoms with Crippen LogP contribution in [0.25, 0.3) is 0 Å². The van der Waals surface area contributed by atoms with Gasteiger partial charge in [-0.25, -0.2) is 4.79 Å². The average molecular weight is 212 g/mol. The molecule has 3 nitrogen and oxygen atoms in total. The van der Waals surface area contributed by atoms with E-state index in [-0.39, 0.29) is 4.88 Å². The van der Waals surface area contributed by atoms with Crippen molar-refractivity contribution in [1.29, 1.82) is 0 Å². The highest BCUT2D eigenvalue weighted by atomic mass is 32.1. The van der Waals surface area contributed by atoms with E-state index < -0.39 is 5.97 Å². The van der Waals surface area contributed by atoms with Gasteiger partial charge in [0.2, 0.25) is 0 Å². The highest BCUT2D eigenvalue weighted by Gasteiger charge is 2.12. The molecule has 1 aromatic heterocycles. The lowest BCUT2D eigenvalue weighted by molar-refractivity contribution is 0.0698. The highest BCUT2D eigenvalue weighted by Crippen LogP contribution is 2.24. The summed E-state index contributed by atoms with van der Waals surface area (Å²) in [6, 6.07) is 1.68. The summed E-state index contributed by atoms with van der Waals surface area (Å²) in [6.45, 7) is 4.12. The van der Waals surface area contributed by atoms with Gasteiger partial charge in [-0.1, -0.05) is 6.08 Å². The third-order valence-electron chi connectivity index (χ3n) is 1.63. The van der Waals surface area contributed by atoms with E-state index in [4.69, 9.17) is 9.84 Å². The molecule has 1 heterocycles. The summed E-state index contributed by atoms with van der Waals surface area (Å²) >= 11 is 1.18. The molecule has 0 unspecified atom stereocenters. The van der Waals surface area contributed by atoms with Gasteiger partial charge in [0.05, 0.1) is 6.61 Å². The molecule has 0 fully saturated rings. The number of ether oxygens (including phenoxy) is 1. The Hall–Kier alpha value is -1.29. The van der Waals surface area contributed by atoms with E-state index in [9.17, 15) is 4.79 Å². The molecule has 0 saturated carbocycles. The lowest BCUT2D eigenvalue weighted by atomic mass is 10.3. The molecule has 0 aromatic carbocycles. The molecule has 0 amide bonds. The topological polar surface area (TPSA) is 46.5 Å². The first-order valence-corrected chi connectivity index (χ1v) is 5.18. The first-order valence-electron chi connectivity index (χ1n) is 4.30. The second-order valence-electron chi connectivity index (χ2n) is 2.70. The predicted molar refractivity (Wildman–Crippen MR) is 56.2 cm³/mol. The second-order valence-corrected chi connectivity index (χ2v) is 3.61. The monoisotopic (exact) mass is 212 g/mol. The van der Waals surface area contributed by atoms with Crippen molar-refractivity contribution in [3.63, 3.8) is 0 Å². The van der Waals surface area contributed by atoms with Crippen LogP contribution in [-0.2, 0) is 0 Å². The maximum absolute atomic E-state index is 10.7. The van der Waals surface area contributed by atoms with E-state index >= 15 is 0 Å². The maximum atomic E-state index is 10.7. The van der Waals surface area contributed by atoms with Crippen LogP contribution >= 0.6 is 11.3 Å². The minimum Gasteiger partial charge on any atom is -0.492 e. The van der Waals surface area contributed by atoms with Crippen LogP contribution in [0, 0.1) is 0 Å². The van der Waals surface area contributed by atoms with Gasteiger partial charge < -0.3 is 9.84 Å². The second kappa shape index (κ2) is 5.44. The summed E-state index contributed by atoms with van der Waals surface area (Å²) in [7, 11) is 0. The molecule has 0 atom stereocenters. The SMILES string of the molecule is C=CCCCOc1ccsc1C(=O)O. The Labute approximate surface area is 86.6 Å². The lowest BCUT2D eigenvalue weighted by Gasteiger charge is -2.03. The van der Waals surface area contributed by atoms with E-state index in [1.165, 1.54) is 11.3 Å². The minimum absolute atomic E-state index is 0.267. The lowest BCUT2D eigenvalue weighted by Crippen LogP contribution is -2.00. The summed E-state index contributed by atoms with van der Waals surface area (Å²) in [4.78, 5) is 11.0. The number of hydrogen-bond donors (Lipinski definition) is 1. The number of carbonyl (C=O) groups is 1. The number of carboxylic acid groups (broad SMARTS) is 1. The van der Waals surface area contributed by atoms with Gasteiger partial charge in [-0.15, -0.1) is 17.9 Å². The van der Waals surface area contributed by atoms with Crippen molar-refractivity contribution in [2.45, 2.75) is 12.8 Å². The van der Waals surface area contributed by atoms with Crippen molar-refractivity contribution >= 4 is 17.3 Å². The molecule has 0 aliphatic rings. The third kappa shape index (κ3) is 2.88. The van der Waals surface area contributed by atoms with Crippen molar-refractivity contribution in [3.8, 4) is 5.75 Å². The first-order chi connectivity index (χ1) is 6.75. The molecule has 76 valence electrons. The molecule has 14 heavy (non-hydrogen) atoms. The molecule has 0 aliphatic carbocycles. The number of unbranched alkanes of at least 4 members (excludes halogenated alkanes) is 1. The van der Waals surface area contributed by atoms with Crippen LogP contribution in [0.4, 0.5) is 0 Å². The fourth-order valence-corrected chi connectivity index (χ4v) is 1.65. The van der Waals surface area contributed by atoms with Gasteiger partial charge in [0.25, 0.3) is 0 Å². The van der Waals surface area contributed by atoms with Gasteiger partial charge >= 0.3 is 5.97 Å². The highest BCUT2D eigenvalue weighted by molar-refractivity contribution is 7.12. The normalized spacial score (nSPS) is 9.71. The molecule has 0 aliphatic heterocycles. The molecule has 0 bridgehead atoms. The molecule has 4 heteroatoms. The van der Waals surface area contributed by atoms with Crippen LogP contribution in [0.2, 0.25) is 0 Å². The molecule has 0 spiro atoms. The summed E-state index contributed by atoms with van der Waals surface area (Å²) in [5.74, 6) is -0.467. The Morgan fingerprint density at radius 2 is 2.50 bits per heavy atom. The zero-order valence-corrected chi connectivity index (χ0v) is 8.55. The maximum Gasteiger partial charge on any atom is 0.349 e. The summed E-state index contributed by atoms with van der Waals surface area (Å²) < 4.78 is 5.32. The Balaban J connectivity index is 2.45. The van der Waals surface area contributed by atoms with Crippen molar-refractivity contribution in [3.05, 3.63) is 29.0 Å². The number of aromatic carboxylic acids is 1. The van der Waals surface area contributed by atoms with Crippen LogP contribution in [0.5, 0.6) is 5.75 Å². The Bertz CT molecular complexity index is 317. The Morgan fingerprint density at radius 3 is 3.14 bits per heavy atom. The largest absolute Gasteiger partial charge is 0.492 e. The third-order valence-corrected chi connectivity index (χ3v) is 2.52. The van der Waals surface area contributed by atoms with Crippen LogP contribution in [0.3, 0.4) is 0 Å². The summed E-state index contributed by atoms with van der Waals surface area (Å²) in [5, 5.41) is 10.5. The van der Waals surface area contributed by atoms with Crippen LogP contribution in [0.1, 0.15) is 22.5 Å². The number of thiophene rings is 1. The number of rotatable bonds is 6. The first kappa shape index (κ1) is 10.8. The number of hydrogen-bond acceptors (Lipinski definition) is 3. The molecule has 1 rings (SSSR count). The average Bonchev–Trinajstić information content (AvgIpc) is 2.60. The standard InChI is InChI=1S/C10H12O3S/c1-2-3-4-6-13-8-5-7-14-9(8)10(11)12/h2,5,7H,1,3-4,6H2,(H,11,12). The fourth-order valence-electron chi connectivity index (χ4n) is 0.977. The Morgan fingerprint density at radius 1 is 1.71 bits per heavy atom. The minimum atomic E-state index is -0.932. The fraction of sp³-hybridized carbons (Fsp3) is 0.300. The van der Waals surface area contributed by atoms with Gasteiger partial charge in [-0.2, -0.15) is 0 Å². The van der Waals surface area contributed by atoms with Crippen LogP contribution < -0.4 is 4.74 Å². The van der Waals surface area contributed by atoms with E-state index in [1.807, 2.05) is 6.08 Å². The zero-order valence-electron chi connectivity index (χ0n) is 7.73. The molecule has 0 radical (unpaired) electrons. The molecule has 0 saturated heterocycles. The van der Waals surface area contributed by atoms with E-state index in [1.54, 1.807) is 11.4 Å². The van der Waals surface area contributed by atoms with Gasteiger partial charge in [0.15, 0.2) is 4.88 Å². The van der Waals surface area contributed by atoms with E-state index in [2.05, 4.69) is 6.58 Å². The summed E-state index contributed by atoms with van der Waals surface area (Å²) in [5.41, 5.74) is 0.